The molecule has 0 aliphatic carbocycles. The Kier molecular flexibility index (Phi) is 3.49. The van der Waals surface area contributed by atoms with Crippen LogP contribution in [0, 0.1) is 0 Å². The van der Waals surface area contributed by atoms with Crippen LogP contribution in [0.25, 0.3) is 5.69 Å². The first kappa shape index (κ1) is 14.1. The molecule has 1 amide bonds. The highest BCUT2D eigenvalue weighted by atomic mass is 32.2. The van der Waals surface area contributed by atoms with E-state index in [1.165, 1.54) is 23.0 Å². The van der Waals surface area contributed by atoms with Gasteiger partial charge in [0.25, 0.3) is 5.91 Å². The Bertz CT molecular complexity index is 748. The van der Waals surface area contributed by atoms with Gasteiger partial charge in [-0.15, -0.1) is 0 Å². The fourth-order valence-electron chi connectivity index (χ4n) is 1.68. The van der Waals surface area contributed by atoms with Crippen LogP contribution >= 0.6 is 0 Å². The zero-order valence-corrected chi connectivity index (χ0v) is 11.6. The summed E-state index contributed by atoms with van der Waals surface area (Å²) in [6, 6.07) is 6.13. The van der Waals surface area contributed by atoms with Crippen LogP contribution in [0.15, 0.2) is 35.4 Å². The van der Waals surface area contributed by atoms with Crippen LogP contribution in [-0.2, 0) is 9.84 Å². The van der Waals surface area contributed by atoms with E-state index in [0.29, 0.717) is 5.69 Å². The molecule has 1 heterocycles. The number of aromatic nitrogens is 2. The van der Waals surface area contributed by atoms with Crippen LogP contribution in [0.3, 0.4) is 0 Å². The standard InChI is InChI=1S/C12H14N4O3S/c1-2-20(18,19)9-5-3-8(4-6-9)16-7-10(13)11(15-16)12(14)17/h3-7H,2,13H2,1H3,(H2,14,17). The van der Waals surface area contributed by atoms with E-state index >= 15 is 0 Å². The summed E-state index contributed by atoms with van der Waals surface area (Å²) in [4.78, 5) is 11.3. The predicted molar refractivity (Wildman–Crippen MR) is 74.2 cm³/mol. The van der Waals surface area contributed by atoms with E-state index in [1.807, 2.05) is 0 Å². The third-order valence-corrected chi connectivity index (χ3v) is 4.57. The number of hydrogen-bond donors (Lipinski definition) is 2. The minimum Gasteiger partial charge on any atom is -0.396 e. The number of sulfone groups is 1. The first-order valence-corrected chi connectivity index (χ1v) is 7.48. The van der Waals surface area contributed by atoms with Crippen molar-refractivity contribution < 1.29 is 13.2 Å². The van der Waals surface area contributed by atoms with Crippen LogP contribution in [0.2, 0.25) is 0 Å². The molecule has 8 heteroatoms. The average Bonchev–Trinajstić information content (AvgIpc) is 2.81. The number of benzene rings is 1. The summed E-state index contributed by atoms with van der Waals surface area (Å²) in [5, 5.41) is 3.96. The van der Waals surface area contributed by atoms with E-state index < -0.39 is 15.7 Å². The molecule has 0 fully saturated rings. The molecule has 2 rings (SSSR count). The summed E-state index contributed by atoms with van der Waals surface area (Å²) in [7, 11) is -3.24. The molecule has 4 N–H and O–H groups in total. The maximum atomic E-state index is 11.7. The summed E-state index contributed by atoms with van der Waals surface area (Å²) < 4.78 is 24.8. The highest BCUT2D eigenvalue weighted by molar-refractivity contribution is 7.91. The van der Waals surface area contributed by atoms with Crippen molar-refractivity contribution in [2.75, 3.05) is 11.5 Å². The number of anilines is 1. The van der Waals surface area contributed by atoms with Crippen LogP contribution in [0.4, 0.5) is 5.69 Å². The van der Waals surface area contributed by atoms with Gasteiger partial charge in [-0.2, -0.15) is 5.10 Å². The molecule has 20 heavy (non-hydrogen) atoms. The molecular weight excluding hydrogens is 280 g/mol. The lowest BCUT2D eigenvalue weighted by molar-refractivity contribution is 0.0996. The molecule has 1 aromatic carbocycles. The molecule has 1 aromatic heterocycles. The van der Waals surface area contributed by atoms with Gasteiger partial charge in [-0.1, -0.05) is 6.92 Å². The van der Waals surface area contributed by atoms with Gasteiger partial charge in [-0.25, -0.2) is 13.1 Å². The number of hydrogen-bond acceptors (Lipinski definition) is 5. The number of carbonyl (C=O) groups is 1. The zero-order valence-electron chi connectivity index (χ0n) is 10.8. The zero-order chi connectivity index (χ0) is 14.9. The van der Waals surface area contributed by atoms with Crippen molar-refractivity contribution in [1.82, 2.24) is 9.78 Å². The summed E-state index contributed by atoms with van der Waals surface area (Å²) in [5.74, 6) is -0.682. The van der Waals surface area contributed by atoms with Crippen LogP contribution in [-0.4, -0.2) is 29.9 Å². The maximum Gasteiger partial charge on any atom is 0.271 e. The smallest absolute Gasteiger partial charge is 0.271 e. The van der Waals surface area contributed by atoms with Gasteiger partial charge in [0, 0.05) is 0 Å². The summed E-state index contributed by atoms with van der Waals surface area (Å²) in [6.45, 7) is 1.58. The molecule has 0 saturated carbocycles. The highest BCUT2D eigenvalue weighted by Gasteiger charge is 2.14. The van der Waals surface area contributed by atoms with Crippen LogP contribution < -0.4 is 11.5 Å². The minimum atomic E-state index is -3.24. The molecule has 0 atom stereocenters. The quantitative estimate of drug-likeness (QED) is 0.842. The van der Waals surface area contributed by atoms with Crippen LogP contribution in [0.5, 0.6) is 0 Å². The van der Waals surface area contributed by atoms with E-state index in [0.717, 1.165) is 0 Å². The van der Waals surface area contributed by atoms with E-state index in [9.17, 15) is 13.2 Å². The van der Waals surface area contributed by atoms with Gasteiger partial charge >= 0.3 is 0 Å². The van der Waals surface area contributed by atoms with Crippen molar-refractivity contribution in [1.29, 1.82) is 0 Å². The molecule has 2 aromatic rings. The Balaban J connectivity index is 2.40. The summed E-state index contributed by atoms with van der Waals surface area (Å²) >= 11 is 0. The lowest BCUT2D eigenvalue weighted by atomic mass is 10.3. The number of amides is 1. The molecule has 0 aliphatic heterocycles. The molecule has 0 aliphatic rings. The molecular formula is C12H14N4O3S. The lowest BCUT2D eigenvalue weighted by Crippen LogP contribution is -2.14. The van der Waals surface area contributed by atoms with E-state index in [1.54, 1.807) is 19.1 Å². The van der Waals surface area contributed by atoms with Crippen molar-refractivity contribution in [3.05, 3.63) is 36.2 Å². The molecule has 106 valence electrons. The average molecular weight is 294 g/mol. The first-order valence-electron chi connectivity index (χ1n) is 5.83. The monoisotopic (exact) mass is 294 g/mol. The fourth-order valence-corrected chi connectivity index (χ4v) is 2.57. The Morgan fingerprint density at radius 2 is 1.90 bits per heavy atom. The molecule has 0 unspecified atom stereocenters. The Hall–Kier alpha value is -2.35. The molecule has 0 radical (unpaired) electrons. The van der Waals surface area contributed by atoms with Gasteiger partial charge in [0.2, 0.25) is 0 Å². The lowest BCUT2D eigenvalue weighted by Gasteiger charge is -2.04. The Morgan fingerprint density at radius 1 is 1.30 bits per heavy atom. The van der Waals surface area contributed by atoms with Gasteiger partial charge in [-0.3, -0.25) is 4.79 Å². The van der Waals surface area contributed by atoms with Crippen LogP contribution in [0.1, 0.15) is 17.4 Å². The number of nitrogens with zero attached hydrogens (tertiary/aromatic N) is 2. The topological polar surface area (TPSA) is 121 Å². The third-order valence-electron chi connectivity index (χ3n) is 2.82. The predicted octanol–water partition coefficient (Wildman–Crippen LogP) is 0.347. The number of carbonyl (C=O) groups excluding carboxylic acids is 1. The second-order valence-corrected chi connectivity index (χ2v) is 6.42. The SMILES string of the molecule is CCS(=O)(=O)c1ccc(-n2cc(N)c(C(N)=O)n2)cc1. The Morgan fingerprint density at radius 3 is 2.35 bits per heavy atom. The van der Waals surface area contributed by atoms with Gasteiger partial charge in [0.15, 0.2) is 15.5 Å². The second kappa shape index (κ2) is 4.97. The number of primary amides is 1. The number of nitrogens with two attached hydrogens (primary N) is 2. The number of rotatable bonds is 4. The minimum absolute atomic E-state index is 0.0183. The van der Waals surface area contributed by atoms with E-state index in [4.69, 9.17) is 11.5 Å². The first-order chi connectivity index (χ1) is 9.35. The summed E-state index contributed by atoms with van der Waals surface area (Å²) in [5.41, 5.74) is 11.5. The number of nitrogen functional groups attached to an aromatic ring is 1. The third kappa shape index (κ3) is 2.50. The molecule has 0 spiro atoms. The van der Waals surface area contributed by atoms with Crippen molar-refractivity contribution in [3.63, 3.8) is 0 Å². The normalized spacial score (nSPS) is 11.4. The van der Waals surface area contributed by atoms with E-state index in [2.05, 4.69) is 5.10 Å². The molecule has 7 nitrogen and oxygen atoms in total. The Labute approximate surface area is 116 Å². The maximum absolute atomic E-state index is 11.7. The van der Waals surface area contributed by atoms with Gasteiger partial charge in [0.05, 0.1) is 28.2 Å². The highest BCUT2D eigenvalue weighted by Crippen LogP contribution is 2.17. The molecule has 0 bridgehead atoms. The fraction of sp³-hybridized carbons (Fsp3) is 0.167. The van der Waals surface area contributed by atoms with Crippen molar-refractivity contribution >= 4 is 21.4 Å². The van der Waals surface area contributed by atoms with Crippen molar-refractivity contribution in [2.45, 2.75) is 11.8 Å². The van der Waals surface area contributed by atoms with Gasteiger partial charge < -0.3 is 11.5 Å². The van der Waals surface area contributed by atoms with E-state index in [-0.39, 0.29) is 22.0 Å². The second-order valence-electron chi connectivity index (χ2n) is 4.14. The van der Waals surface area contributed by atoms with Gasteiger partial charge in [0.1, 0.15) is 0 Å². The van der Waals surface area contributed by atoms with Crippen molar-refractivity contribution in [3.8, 4) is 5.69 Å². The summed E-state index contributed by atoms with van der Waals surface area (Å²) in [6.07, 6.45) is 1.45. The van der Waals surface area contributed by atoms with Gasteiger partial charge in [-0.05, 0) is 24.3 Å². The van der Waals surface area contributed by atoms with Crippen molar-refractivity contribution in [2.24, 2.45) is 5.73 Å². The largest absolute Gasteiger partial charge is 0.396 e. The molecule has 0 saturated heterocycles.